The molecule has 0 aliphatic rings. The smallest absolute Gasteiger partial charge is 0.191 e. The zero-order valence-electron chi connectivity index (χ0n) is 12.3. The topological polar surface area (TPSA) is 49.6 Å². The monoisotopic (exact) mass is 283 g/mol. The Labute approximate surface area is 120 Å². The highest BCUT2D eigenvalue weighted by Crippen LogP contribution is 2.15. The van der Waals surface area contributed by atoms with Crippen LogP contribution in [0.5, 0.6) is 0 Å². The molecule has 1 aromatic heterocycles. The molecule has 1 heterocycles. The maximum Gasteiger partial charge on any atom is 0.191 e. The van der Waals surface area contributed by atoms with Crippen molar-refractivity contribution in [2.24, 2.45) is 4.99 Å². The van der Waals surface area contributed by atoms with Gasteiger partial charge < -0.3 is 15.1 Å². The van der Waals surface area contributed by atoms with Gasteiger partial charge in [0, 0.05) is 13.6 Å². The maximum atomic E-state index is 5.60. The number of thioether (sulfide) groups is 1. The Morgan fingerprint density at radius 3 is 2.79 bits per heavy atom. The molecule has 0 bridgehead atoms. The largest absolute Gasteiger partial charge is 0.464 e. The summed E-state index contributed by atoms with van der Waals surface area (Å²) in [4.78, 5) is 4.23. The normalized spacial score (nSPS) is 13.4. The van der Waals surface area contributed by atoms with Gasteiger partial charge in [0.1, 0.15) is 11.5 Å². The van der Waals surface area contributed by atoms with E-state index < -0.39 is 0 Å². The van der Waals surface area contributed by atoms with Crippen molar-refractivity contribution >= 4 is 17.7 Å². The van der Waals surface area contributed by atoms with Crippen molar-refractivity contribution in [1.82, 2.24) is 10.6 Å². The minimum absolute atomic E-state index is 0.117. The Balaban J connectivity index is 2.32. The van der Waals surface area contributed by atoms with Crippen molar-refractivity contribution in [3.8, 4) is 0 Å². The fourth-order valence-corrected chi connectivity index (χ4v) is 2.23. The Morgan fingerprint density at radius 1 is 1.42 bits per heavy atom. The van der Waals surface area contributed by atoms with Gasteiger partial charge in [0.15, 0.2) is 5.96 Å². The third-order valence-corrected chi connectivity index (χ3v) is 3.53. The van der Waals surface area contributed by atoms with E-state index in [1.54, 1.807) is 7.05 Å². The van der Waals surface area contributed by atoms with Crippen LogP contribution in [0.2, 0.25) is 0 Å². The lowest BCUT2D eigenvalue weighted by atomic mass is 10.2. The number of unbranched alkanes of at least 4 members (excludes halogenated alkanes) is 1. The summed E-state index contributed by atoms with van der Waals surface area (Å²) in [5.74, 6) is 3.91. The molecule has 0 fully saturated rings. The summed E-state index contributed by atoms with van der Waals surface area (Å²) >= 11 is 1.89. The lowest BCUT2D eigenvalue weighted by Crippen LogP contribution is -2.39. The molecule has 0 unspecified atom stereocenters. The summed E-state index contributed by atoms with van der Waals surface area (Å²) in [6, 6.07) is 4.09. The minimum atomic E-state index is 0.117. The predicted octanol–water partition coefficient (Wildman–Crippen LogP) is 2.96. The van der Waals surface area contributed by atoms with E-state index in [-0.39, 0.29) is 6.04 Å². The van der Waals surface area contributed by atoms with Crippen LogP contribution in [0, 0.1) is 6.92 Å². The molecule has 0 aliphatic heterocycles. The Bertz CT molecular complexity index is 390. The first-order chi connectivity index (χ1) is 9.17. The zero-order chi connectivity index (χ0) is 14.1. The summed E-state index contributed by atoms with van der Waals surface area (Å²) in [5.41, 5.74) is 0. The van der Waals surface area contributed by atoms with E-state index in [1.165, 1.54) is 12.2 Å². The quantitative estimate of drug-likeness (QED) is 0.459. The van der Waals surface area contributed by atoms with Crippen LogP contribution in [0.15, 0.2) is 21.5 Å². The summed E-state index contributed by atoms with van der Waals surface area (Å²) in [7, 11) is 1.79. The lowest BCUT2D eigenvalue weighted by Gasteiger charge is -2.16. The van der Waals surface area contributed by atoms with Crippen molar-refractivity contribution < 1.29 is 4.42 Å². The number of nitrogens with one attached hydrogen (secondary N) is 2. The van der Waals surface area contributed by atoms with Gasteiger partial charge >= 0.3 is 0 Å². The van der Waals surface area contributed by atoms with E-state index in [4.69, 9.17) is 4.42 Å². The summed E-state index contributed by atoms with van der Waals surface area (Å²) in [5, 5.41) is 6.65. The number of nitrogens with zero attached hydrogens (tertiary/aromatic N) is 1. The zero-order valence-corrected chi connectivity index (χ0v) is 13.1. The second-order valence-electron chi connectivity index (χ2n) is 4.51. The third-order valence-electron chi connectivity index (χ3n) is 2.83. The number of rotatable bonds is 7. The van der Waals surface area contributed by atoms with Crippen molar-refractivity contribution in [3.05, 3.63) is 23.7 Å². The highest BCUT2D eigenvalue weighted by atomic mass is 32.2. The first kappa shape index (κ1) is 16.0. The fourth-order valence-electron chi connectivity index (χ4n) is 1.74. The molecule has 2 N–H and O–H groups in total. The second-order valence-corrected chi connectivity index (χ2v) is 5.50. The number of furan rings is 1. The van der Waals surface area contributed by atoms with Crippen LogP contribution in [0.4, 0.5) is 0 Å². The van der Waals surface area contributed by atoms with Gasteiger partial charge in [0.25, 0.3) is 0 Å². The second kappa shape index (κ2) is 8.91. The van der Waals surface area contributed by atoms with Crippen LogP contribution in [0.3, 0.4) is 0 Å². The van der Waals surface area contributed by atoms with Gasteiger partial charge in [-0.3, -0.25) is 4.99 Å². The van der Waals surface area contributed by atoms with Crippen LogP contribution >= 0.6 is 11.8 Å². The molecule has 1 aromatic rings. The lowest BCUT2D eigenvalue weighted by molar-refractivity contribution is 0.441. The molecular formula is C14H25N3OS. The van der Waals surface area contributed by atoms with Gasteiger partial charge in [-0.2, -0.15) is 11.8 Å². The average molecular weight is 283 g/mol. The Kier molecular flexibility index (Phi) is 7.48. The molecule has 0 radical (unpaired) electrons. The molecule has 4 nitrogen and oxygen atoms in total. The maximum absolute atomic E-state index is 5.60. The number of hydrogen-bond acceptors (Lipinski definition) is 3. The van der Waals surface area contributed by atoms with Crippen molar-refractivity contribution in [1.29, 1.82) is 0 Å². The molecule has 19 heavy (non-hydrogen) atoms. The van der Waals surface area contributed by atoms with Crippen molar-refractivity contribution in [3.63, 3.8) is 0 Å². The molecule has 0 saturated carbocycles. The van der Waals surface area contributed by atoms with E-state index in [0.717, 1.165) is 30.4 Å². The predicted molar refractivity (Wildman–Crippen MR) is 84.0 cm³/mol. The Hall–Kier alpha value is -1.10. The van der Waals surface area contributed by atoms with Gasteiger partial charge in [-0.05, 0) is 50.8 Å². The first-order valence-corrected chi connectivity index (χ1v) is 8.09. The van der Waals surface area contributed by atoms with Crippen molar-refractivity contribution in [2.45, 2.75) is 32.7 Å². The Morgan fingerprint density at radius 2 is 2.21 bits per heavy atom. The number of guanidine groups is 1. The molecule has 108 valence electrons. The number of aliphatic imine (C=N–C) groups is 1. The minimum Gasteiger partial charge on any atom is -0.464 e. The number of hydrogen-bond donors (Lipinski definition) is 2. The first-order valence-electron chi connectivity index (χ1n) is 6.69. The van der Waals surface area contributed by atoms with Crippen molar-refractivity contribution in [2.75, 3.05) is 25.6 Å². The highest BCUT2D eigenvalue weighted by Gasteiger charge is 2.10. The standard InChI is InChI=1S/C14H25N3OS/c1-11-7-8-13(18-11)12(2)17-14(15-3)16-9-5-6-10-19-4/h7-8,12H,5-6,9-10H2,1-4H3,(H2,15,16,17)/t12-/m1/s1. The fraction of sp³-hybridized carbons (Fsp3) is 0.643. The molecular weight excluding hydrogens is 258 g/mol. The van der Waals surface area contributed by atoms with Gasteiger partial charge in [-0.25, -0.2) is 0 Å². The highest BCUT2D eigenvalue weighted by molar-refractivity contribution is 7.98. The SMILES string of the molecule is CN=C(NCCCCSC)N[C@H](C)c1ccc(C)o1. The summed E-state index contributed by atoms with van der Waals surface area (Å²) in [6.07, 6.45) is 4.54. The van der Waals surface area contributed by atoms with E-state index >= 15 is 0 Å². The summed E-state index contributed by atoms with van der Waals surface area (Å²) < 4.78 is 5.60. The van der Waals surface area contributed by atoms with Crippen LogP contribution < -0.4 is 10.6 Å². The average Bonchev–Trinajstić information content (AvgIpc) is 2.83. The van der Waals surface area contributed by atoms with Crippen LogP contribution in [0.1, 0.15) is 37.3 Å². The van der Waals surface area contributed by atoms with Crippen LogP contribution in [-0.4, -0.2) is 31.6 Å². The molecule has 0 aromatic carbocycles. The number of aryl methyl sites for hydroxylation is 1. The van der Waals surface area contributed by atoms with Gasteiger partial charge in [0.05, 0.1) is 6.04 Å². The van der Waals surface area contributed by atoms with Gasteiger partial charge in [-0.15, -0.1) is 0 Å². The van der Waals surface area contributed by atoms with E-state index in [9.17, 15) is 0 Å². The molecule has 0 aliphatic carbocycles. The molecule has 0 amide bonds. The van der Waals surface area contributed by atoms with Gasteiger partial charge in [0.2, 0.25) is 0 Å². The van der Waals surface area contributed by atoms with Gasteiger partial charge in [-0.1, -0.05) is 0 Å². The molecule has 0 saturated heterocycles. The van der Waals surface area contributed by atoms with E-state index in [2.05, 4.69) is 28.8 Å². The molecule has 1 rings (SSSR count). The molecule has 1 atom stereocenters. The van der Waals surface area contributed by atoms with E-state index in [0.29, 0.717) is 0 Å². The van der Waals surface area contributed by atoms with Crippen LogP contribution in [-0.2, 0) is 0 Å². The van der Waals surface area contributed by atoms with Crippen LogP contribution in [0.25, 0.3) is 0 Å². The molecule has 5 heteroatoms. The summed E-state index contributed by atoms with van der Waals surface area (Å²) in [6.45, 7) is 4.97. The third kappa shape index (κ3) is 6.05. The molecule has 0 spiro atoms. The van der Waals surface area contributed by atoms with E-state index in [1.807, 2.05) is 30.8 Å².